The van der Waals surface area contributed by atoms with E-state index in [1.54, 1.807) is 0 Å². The quantitative estimate of drug-likeness (QED) is 0.720. The summed E-state index contributed by atoms with van der Waals surface area (Å²) in [5, 5.41) is 12.9. The second-order valence-electron chi connectivity index (χ2n) is 3.33. The summed E-state index contributed by atoms with van der Waals surface area (Å²) in [5.74, 6) is 0.438. The summed E-state index contributed by atoms with van der Waals surface area (Å²) >= 11 is 5.48. The van der Waals surface area contributed by atoms with Crippen molar-refractivity contribution in [2.24, 2.45) is 0 Å². The summed E-state index contributed by atoms with van der Waals surface area (Å²) in [6, 6.07) is 0.581. The molecule has 1 heterocycles. The van der Waals surface area contributed by atoms with Crippen LogP contribution in [0, 0.1) is 0 Å². The van der Waals surface area contributed by atoms with Crippen molar-refractivity contribution in [2.75, 3.05) is 11.9 Å². The highest BCUT2D eigenvalue weighted by Crippen LogP contribution is 2.18. The van der Waals surface area contributed by atoms with Gasteiger partial charge < -0.3 is 15.1 Å². The Morgan fingerprint density at radius 3 is 2.93 bits per heavy atom. The summed E-state index contributed by atoms with van der Waals surface area (Å²) in [6.45, 7) is 0.139. The lowest BCUT2D eigenvalue weighted by Crippen LogP contribution is -2.31. The second-order valence-corrected chi connectivity index (χ2v) is 3.60. The molecule has 1 aliphatic rings. The number of alkyl halides is 1. The lowest BCUT2D eigenvalue weighted by molar-refractivity contribution is -0.119. The third kappa shape index (κ3) is 3.09. The van der Waals surface area contributed by atoms with Gasteiger partial charge in [0.25, 0.3) is 0 Å². The molecule has 1 saturated carbocycles. The molecule has 7 heteroatoms. The van der Waals surface area contributed by atoms with Gasteiger partial charge in [-0.15, -0.1) is 16.7 Å². The molecule has 0 unspecified atom stereocenters. The summed E-state index contributed by atoms with van der Waals surface area (Å²) in [7, 11) is 0. The fourth-order valence-electron chi connectivity index (χ4n) is 1.04. The number of aromatic nitrogens is 2. The van der Waals surface area contributed by atoms with E-state index in [2.05, 4.69) is 20.8 Å². The van der Waals surface area contributed by atoms with Crippen LogP contribution < -0.4 is 10.6 Å². The number of carbonyl (C=O) groups excluding carboxylic acids is 1. The average Bonchev–Trinajstić information content (AvgIpc) is 2.92. The predicted octanol–water partition coefficient (Wildman–Crippen LogP) is 0.499. The predicted molar refractivity (Wildman–Crippen MR) is 53.5 cm³/mol. The molecule has 0 aliphatic heterocycles. The molecule has 0 atom stereocenters. The number of hydrogen-bond donors (Lipinski definition) is 2. The van der Waals surface area contributed by atoms with Gasteiger partial charge in [-0.3, -0.25) is 4.79 Å². The van der Waals surface area contributed by atoms with Crippen LogP contribution in [0.2, 0.25) is 0 Å². The van der Waals surface area contributed by atoms with Gasteiger partial charge in [0, 0.05) is 6.04 Å². The Balaban J connectivity index is 1.73. The van der Waals surface area contributed by atoms with Gasteiger partial charge in [-0.25, -0.2) is 0 Å². The van der Waals surface area contributed by atoms with Crippen LogP contribution >= 0.6 is 11.6 Å². The standard InChI is InChI=1S/C8H11ClN4O2/c9-3-7-12-13-8(15-7)10-4-6(14)11-5-1-2-5/h5H,1-4H2,(H,10,13)(H,11,14). The van der Waals surface area contributed by atoms with Crippen LogP contribution in [-0.4, -0.2) is 28.7 Å². The maximum Gasteiger partial charge on any atom is 0.315 e. The molecule has 6 nitrogen and oxygen atoms in total. The monoisotopic (exact) mass is 230 g/mol. The Morgan fingerprint density at radius 2 is 2.33 bits per heavy atom. The number of halogens is 1. The molecule has 82 valence electrons. The number of nitrogens with one attached hydrogen (secondary N) is 2. The lowest BCUT2D eigenvalue weighted by atomic mass is 10.5. The van der Waals surface area contributed by atoms with Crippen LogP contribution in [0.5, 0.6) is 0 Å². The molecular weight excluding hydrogens is 220 g/mol. The van der Waals surface area contributed by atoms with Crippen molar-refractivity contribution < 1.29 is 9.21 Å². The van der Waals surface area contributed by atoms with Crippen LogP contribution in [0.25, 0.3) is 0 Å². The van der Waals surface area contributed by atoms with Crippen molar-refractivity contribution in [2.45, 2.75) is 24.8 Å². The van der Waals surface area contributed by atoms with Gasteiger partial charge in [-0.05, 0) is 12.8 Å². The van der Waals surface area contributed by atoms with Gasteiger partial charge in [-0.2, -0.15) is 0 Å². The Bertz CT molecular complexity index is 350. The van der Waals surface area contributed by atoms with E-state index in [1.165, 1.54) is 0 Å². The van der Waals surface area contributed by atoms with E-state index in [4.69, 9.17) is 16.0 Å². The van der Waals surface area contributed by atoms with Crippen LogP contribution in [-0.2, 0) is 10.7 Å². The van der Waals surface area contributed by atoms with Crippen molar-refractivity contribution >= 4 is 23.5 Å². The van der Waals surface area contributed by atoms with Crippen LogP contribution in [0.3, 0.4) is 0 Å². The lowest BCUT2D eigenvalue weighted by Gasteiger charge is -2.02. The third-order valence-corrected chi connectivity index (χ3v) is 2.15. The Hall–Kier alpha value is -1.30. The zero-order chi connectivity index (χ0) is 10.7. The molecule has 2 rings (SSSR count). The van der Waals surface area contributed by atoms with Gasteiger partial charge in [-0.1, -0.05) is 5.10 Å². The molecule has 0 spiro atoms. The maximum atomic E-state index is 11.3. The molecule has 0 radical (unpaired) electrons. The zero-order valence-corrected chi connectivity index (χ0v) is 8.75. The first-order valence-electron chi connectivity index (χ1n) is 4.69. The molecule has 0 bridgehead atoms. The molecule has 1 aliphatic carbocycles. The summed E-state index contributed by atoms with van der Waals surface area (Å²) in [5.41, 5.74) is 0. The minimum absolute atomic E-state index is 0.0666. The molecule has 1 amide bonds. The van der Waals surface area contributed by atoms with Gasteiger partial charge in [0.1, 0.15) is 5.88 Å². The Kier molecular flexibility index (Phi) is 3.05. The molecule has 2 N–H and O–H groups in total. The SMILES string of the molecule is O=C(CNc1nnc(CCl)o1)NC1CC1. The first-order valence-corrected chi connectivity index (χ1v) is 5.23. The first-order chi connectivity index (χ1) is 7.28. The number of amides is 1. The van der Waals surface area contributed by atoms with E-state index in [1.807, 2.05) is 0 Å². The highest BCUT2D eigenvalue weighted by Gasteiger charge is 2.23. The fourth-order valence-corrected chi connectivity index (χ4v) is 1.15. The minimum Gasteiger partial charge on any atom is -0.407 e. The number of hydrogen-bond acceptors (Lipinski definition) is 5. The van der Waals surface area contributed by atoms with Crippen LogP contribution in [0.15, 0.2) is 4.42 Å². The van der Waals surface area contributed by atoms with Gasteiger partial charge in [0.2, 0.25) is 11.8 Å². The number of rotatable bonds is 5. The van der Waals surface area contributed by atoms with Crippen molar-refractivity contribution in [1.82, 2.24) is 15.5 Å². The molecule has 15 heavy (non-hydrogen) atoms. The highest BCUT2D eigenvalue weighted by molar-refractivity contribution is 6.16. The summed E-state index contributed by atoms with van der Waals surface area (Å²) in [4.78, 5) is 11.3. The van der Waals surface area contributed by atoms with Crippen LogP contribution in [0.4, 0.5) is 6.01 Å². The fraction of sp³-hybridized carbons (Fsp3) is 0.625. The van der Waals surface area contributed by atoms with Crippen molar-refractivity contribution in [1.29, 1.82) is 0 Å². The Labute approximate surface area is 91.4 Å². The number of carbonyl (C=O) groups is 1. The molecule has 1 fully saturated rings. The molecular formula is C8H11ClN4O2. The van der Waals surface area contributed by atoms with Crippen LogP contribution in [0.1, 0.15) is 18.7 Å². The van der Waals surface area contributed by atoms with E-state index >= 15 is 0 Å². The summed E-state index contributed by atoms with van der Waals surface area (Å²) < 4.78 is 5.06. The van der Waals surface area contributed by atoms with Crippen molar-refractivity contribution in [3.05, 3.63) is 5.89 Å². The number of nitrogens with zero attached hydrogens (tertiary/aromatic N) is 2. The second kappa shape index (κ2) is 4.48. The van der Waals surface area contributed by atoms with Crippen molar-refractivity contribution in [3.63, 3.8) is 0 Å². The van der Waals surface area contributed by atoms with E-state index < -0.39 is 0 Å². The topological polar surface area (TPSA) is 80.1 Å². The van der Waals surface area contributed by atoms with Gasteiger partial charge in [0.05, 0.1) is 6.54 Å². The summed E-state index contributed by atoms with van der Waals surface area (Å²) in [6.07, 6.45) is 2.14. The maximum absolute atomic E-state index is 11.3. The molecule has 1 aromatic heterocycles. The molecule has 0 aromatic carbocycles. The normalized spacial score (nSPS) is 15.0. The largest absolute Gasteiger partial charge is 0.407 e. The Morgan fingerprint density at radius 1 is 1.53 bits per heavy atom. The zero-order valence-electron chi connectivity index (χ0n) is 7.99. The average molecular weight is 231 g/mol. The van der Waals surface area contributed by atoms with E-state index in [9.17, 15) is 4.79 Å². The first kappa shape index (κ1) is 10.2. The third-order valence-electron chi connectivity index (χ3n) is 1.92. The smallest absolute Gasteiger partial charge is 0.315 e. The van der Waals surface area contributed by atoms with E-state index in [0.29, 0.717) is 11.9 Å². The minimum atomic E-state index is -0.0666. The number of anilines is 1. The highest BCUT2D eigenvalue weighted by atomic mass is 35.5. The van der Waals surface area contributed by atoms with E-state index in [0.717, 1.165) is 12.8 Å². The van der Waals surface area contributed by atoms with Crippen molar-refractivity contribution in [3.8, 4) is 0 Å². The van der Waals surface area contributed by atoms with E-state index in [-0.39, 0.29) is 24.3 Å². The molecule has 1 aromatic rings. The molecule has 0 saturated heterocycles. The van der Waals surface area contributed by atoms with Gasteiger partial charge >= 0.3 is 6.01 Å². The van der Waals surface area contributed by atoms with Gasteiger partial charge in [0.15, 0.2) is 0 Å².